The topological polar surface area (TPSA) is 126 Å². The van der Waals surface area contributed by atoms with Gasteiger partial charge >= 0.3 is 6.18 Å². The van der Waals surface area contributed by atoms with Crippen molar-refractivity contribution in [1.29, 1.82) is 0 Å². The van der Waals surface area contributed by atoms with Crippen molar-refractivity contribution in [3.05, 3.63) is 36.0 Å². The SMILES string of the molecule is CC(=O)NCC(C)(C)Nc1nc(Nc2ccc(S(=O)(=O)N3CCOCC3)cc2)ncc1C(F)(F)F. The molecule has 192 valence electrons. The molecule has 2 aromatic rings. The Morgan fingerprint density at radius 2 is 1.77 bits per heavy atom. The predicted molar refractivity (Wildman–Crippen MR) is 123 cm³/mol. The number of anilines is 3. The number of sulfonamides is 1. The van der Waals surface area contributed by atoms with Gasteiger partial charge < -0.3 is 20.7 Å². The molecule has 0 aliphatic carbocycles. The number of halogens is 3. The zero-order valence-electron chi connectivity index (χ0n) is 19.4. The number of carbonyl (C=O) groups is 1. The standard InChI is InChI=1S/C21H27F3N6O4S/c1-14(31)26-13-20(2,3)29-18-17(21(22,23)24)12-25-19(28-18)27-15-4-6-16(7-5-15)35(32,33)30-8-10-34-11-9-30/h4-7,12H,8-11,13H2,1-3H3,(H,26,31)(H2,25,27,28,29). The summed E-state index contributed by atoms with van der Waals surface area (Å²) in [5.41, 5.74) is -1.63. The fraction of sp³-hybridized carbons (Fsp3) is 0.476. The molecule has 1 amide bonds. The number of nitrogens with one attached hydrogen (secondary N) is 3. The van der Waals surface area contributed by atoms with Crippen LogP contribution in [-0.4, -0.2) is 67.0 Å². The molecule has 14 heteroatoms. The Morgan fingerprint density at radius 3 is 2.34 bits per heavy atom. The lowest BCUT2D eigenvalue weighted by Crippen LogP contribution is -2.44. The van der Waals surface area contributed by atoms with Crippen LogP contribution < -0.4 is 16.0 Å². The summed E-state index contributed by atoms with van der Waals surface area (Å²) in [6.07, 6.45) is -4.05. The van der Waals surface area contributed by atoms with Gasteiger partial charge in [0.05, 0.1) is 23.6 Å². The highest BCUT2D eigenvalue weighted by molar-refractivity contribution is 7.89. The van der Waals surface area contributed by atoms with Gasteiger partial charge in [-0.1, -0.05) is 0 Å². The van der Waals surface area contributed by atoms with Crippen molar-refractivity contribution in [1.82, 2.24) is 19.6 Å². The summed E-state index contributed by atoms with van der Waals surface area (Å²) in [6.45, 7) is 5.76. The van der Waals surface area contributed by atoms with E-state index in [4.69, 9.17) is 4.74 Å². The number of alkyl halides is 3. The van der Waals surface area contributed by atoms with Gasteiger partial charge in [-0.25, -0.2) is 13.4 Å². The highest BCUT2D eigenvalue weighted by Gasteiger charge is 2.36. The lowest BCUT2D eigenvalue weighted by molar-refractivity contribution is -0.137. The van der Waals surface area contributed by atoms with Crippen molar-refractivity contribution in [3.8, 4) is 0 Å². The molecule has 0 saturated carbocycles. The van der Waals surface area contributed by atoms with Gasteiger partial charge in [-0.3, -0.25) is 4.79 Å². The number of hydrogen-bond donors (Lipinski definition) is 3. The smallest absolute Gasteiger partial charge is 0.379 e. The molecule has 1 fully saturated rings. The number of rotatable bonds is 8. The van der Waals surface area contributed by atoms with E-state index in [1.807, 2.05) is 0 Å². The van der Waals surface area contributed by atoms with Crippen LogP contribution in [0.4, 0.5) is 30.6 Å². The van der Waals surface area contributed by atoms with Gasteiger partial charge in [-0.05, 0) is 38.1 Å². The first-order valence-corrected chi connectivity index (χ1v) is 12.1. The highest BCUT2D eigenvalue weighted by atomic mass is 32.2. The van der Waals surface area contributed by atoms with E-state index in [0.717, 1.165) is 0 Å². The molecule has 0 radical (unpaired) electrons. The van der Waals surface area contributed by atoms with E-state index in [-0.39, 0.29) is 36.4 Å². The molecule has 3 N–H and O–H groups in total. The van der Waals surface area contributed by atoms with E-state index in [0.29, 0.717) is 25.1 Å². The maximum Gasteiger partial charge on any atom is 0.421 e. The normalized spacial score (nSPS) is 15.5. The van der Waals surface area contributed by atoms with E-state index < -0.39 is 33.1 Å². The molecule has 3 rings (SSSR count). The number of nitrogens with zero attached hydrogens (tertiary/aromatic N) is 3. The summed E-state index contributed by atoms with van der Waals surface area (Å²) in [5, 5.41) is 8.07. The Balaban J connectivity index is 1.81. The molecule has 10 nitrogen and oxygen atoms in total. The molecule has 1 saturated heterocycles. The summed E-state index contributed by atoms with van der Waals surface area (Å²) in [5.74, 6) is -0.906. The van der Waals surface area contributed by atoms with Crippen LogP contribution in [-0.2, 0) is 25.7 Å². The molecular weight excluding hydrogens is 489 g/mol. The molecule has 1 aliphatic rings. The van der Waals surface area contributed by atoms with Gasteiger partial charge in [0.15, 0.2) is 0 Å². The maximum absolute atomic E-state index is 13.5. The van der Waals surface area contributed by atoms with E-state index in [2.05, 4.69) is 25.9 Å². The second-order valence-electron chi connectivity index (χ2n) is 8.54. The van der Waals surface area contributed by atoms with Crippen molar-refractivity contribution in [2.75, 3.05) is 43.5 Å². The van der Waals surface area contributed by atoms with Crippen molar-refractivity contribution < 1.29 is 31.1 Å². The Labute approximate surface area is 201 Å². The third kappa shape index (κ3) is 7.02. The Kier molecular flexibility index (Phi) is 7.87. The van der Waals surface area contributed by atoms with Crippen molar-refractivity contribution >= 4 is 33.4 Å². The van der Waals surface area contributed by atoms with Crippen molar-refractivity contribution in [2.45, 2.75) is 37.4 Å². The molecular formula is C21H27F3N6O4S. The fourth-order valence-corrected chi connectivity index (χ4v) is 4.64. The van der Waals surface area contributed by atoms with Gasteiger partial charge in [0.1, 0.15) is 11.4 Å². The summed E-state index contributed by atoms with van der Waals surface area (Å²) >= 11 is 0. The first-order valence-electron chi connectivity index (χ1n) is 10.7. The van der Waals surface area contributed by atoms with Gasteiger partial charge in [-0.15, -0.1) is 0 Å². The predicted octanol–water partition coefficient (Wildman–Crippen LogP) is 2.59. The van der Waals surface area contributed by atoms with Crippen LogP contribution in [0.15, 0.2) is 35.4 Å². The van der Waals surface area contributed by atoms with Gasteiger partial charge in [0.25, 0.3) is 0 Å². The van der Waals surface area contributed by atoms with Crippen LogP contribution in [0.5, 0.6) is 0 Å². The fourth-order valence-electron chi connectivity index (χ4n) is 3.23. The molecule has 1 aromatic heterocycles. The molecule has 0 bridgehead atoms. The maximum atomic E-state index is 13.5. The van der Waals surface area contributed by atoms with Crippen molar-refractivity contribution in [3.63, 3.8) is 0 Å². The first kappa shape index (κ1) is 26.6. The average molecular weight is 517 g/mol. The monoisotopic (exact) mass is 516 g/mol. The highest BCUT2D eigenvalue weighted by Crippen LogP contribution is 2.35. The first-order chi connectivity index (χ1) is 16.3. The van der Waals surface area contributed by atoms with Crippen LogP contribution in [0.1, 0.15) is 26.3 Å². The minimum Gasteiger partial charge on any atom is -0.379 e. The number of morpholine rings is 1. The Bertz CT molecular complexity index is 1150. The second kappa shape index (κ2) is 10.3. The zero-order valence-corrected chi connectivity index (χ0v) is 20.3. The lowest BCUT2D eigenvalue weighted by atomic mass is 10.1. The summed E-state index contributed by atoms with van der Waals surface area (Å²) in [4.78, 5) is 19.0. The molecule has 1 aliphatic heterocycles. The van der Waals surface area contributed by atoms with Crippen LogP contribution in [0.25, 0.3) is 0 Å². The number of ether oxygens (including phenoxy) is 1. The largest absolute Gasteiger partial charge is 0.421 e. The number of hydrogen-bond acceptors (Lipinski definition) is 8. The number of benzene rings is 1. The molecule has 35 heavy (non-hydrogen) atoms. The van der Waals surface area contributed by atoms with Crippen LogP contribution in [0.3, 0.4) is 0 Å². The second-order valence-corrected chi connectivity index (χ2v) is 10.5. The molecule has 0 atom stereocenters. The molecule has 0 unspecified atom stereocenters. The lowest BCUT2D eigenvalue weighted by Gasteiger charge is -2.28. The quantitative estimate of drug-likeness (QED) is 0.489. The molecule has 0 spiro atoms. The van der Waals surface area contributed by atoms with E-state index in [9.17, 15) is 26.4 Å². The van der Waals surface area contributed by atoms with E-state index in [1.165, 1.54) is 35.5 Å². The minimum atomic E-state index is -4.71. The van der Waals surface area contributed by atoms with Gasteiger partial charge in [-0.2, -0.15) is 22.5 Å². The third-order valence-electron chi connectivity index (χ3n) is 5.05. The van der Waals surface area contributed by atoms with Crippen LogP contribution >= 0.6 is 0 Å². The number of aromatic nitrogens is 2. The van der Waals surface area contributed by atoms with E-state index >= 15 is 0 Å². The van der Waals surface area contributed by atoms with Crippen LogP contribution in [0, 0.1) is 0 Å². The average Bonchev–Trinajstić information content (AvgIpc) is 2.78. The van der Waals surface area contributed by atoms with Crippen LogP contribution in [0.2, 0.25) is 0 Å². The Hall–Kier alpha value is -2.97. The molecule has 2 heterocycles. The Morgan fingerprint density at radius 1 is 1.14 bits per heavy atom. The summed E-state index contributed by atoms with van der Waals surface area (Å²) < 4.78 is 72.6. The number of carbonyl (C=O) groups excluding carboxylic acids is 1. The minimum absolute atomic E-state index is 0.0610. The zero-order chi connectivity index (χ0) is 25.9. The van der Waals surface area contributed by atoms with Gasteiger partial charge in [0, 0.05) is 38.4 Å². The summed E-state index contributed by atoms with van der Waals surface area (Å²) in [6, 6.07) is 5.74. The number of amides is 1. The third-order valence-corrected chi connectivity index (χ3v) is 6.96. The molecule has 1 aromatic carbocycles. The van der Waals surface area contributed by atoms with E-state index in [1.54, 1.807) is 13.8 Å². The summed E-state index contributed by atoms with van der Waals surface area (Å²) in [7, 11) is -3.68. The van der Waals surface area contributed by atoms with Gasteiger partial charge in [0.2, 0.25) is 21.9 Å². The van der Waals surface area contributed by atoms with Crippen molar-refractivity contribution in [2.24, 2.45) is 0 Å².